The van der Waals surface area contributed by atoms with Crippen molar-refractivity contribution in [3.63, 3.8) is 0 Å². The molecule has 0 spiro atoms. The van der Waals surface area contributed by atoms with Crippen LogP contribution in [0.1, 0.15) is 22.5 Å². The van der Waals surface area contributed by atoms with Crippen LogP contribution < -0.4 is 5.32 Å². The molecule has 1 aromatic heterocycles. The van der Waals surface area contributed by atoms with E-state index in [0.29, 0.717) is 29.0 Å². The van der Waals surface area contributed by atoms with E-state index >= 15 is 0 Å². The number of benzene rings is 3. The zero-order valence-electron chi connectivity index (χ0n) is 19.7. The lowest BCUT2D eigenvalue weighted by atomic mass is 10.1. The summed E-state index contributed by atoms with van der Waals surface area (Å²) in [7, 11) is 0. The third kappa shape index (κ3) is 6.55. The second-order valence-corrected chi connectivity index (χ2v) is 8.92. The molecule has 0 unspecified atom stereocenters. The number of aryl methyl sites for hydroxylation is 1. The van der Waals surface area contributed by atoms with Gasteiger partial charge < -0.3 is 10.1 Å². The van der Waals surface area contributed by atoms with Crippen molar-refractivity contribution in [3.8, 4) is 5.69 Å². The number of non-ortho nitro benzene ring substituents is 1. The highest BCUT2D eigenvalue weighted by atomic mass is 32.2. The van der Waals surface area contributed by atoms with Crippen LogP contribution in [-0.2, 0) is 28.4 Å². The average molecular weight is 504 g/mol. The molecule has 0 fully saturated rings. The molecule has 9 nitrogen and oxygen atoms in total. The van der Waals surface area contributed by atoms with Crippen LogP contribution in [0.5, 0.6) is 0 Å². The first-order valence-corrected chi connectivity index (χ1v) is 12.2. The van der Waals surface area contributed by atoms with Crippen LogP contribution in [0, 0.1) is 17.0 Å². The predicted molar refractivity (Wildman–Crippen MR) is 137 cm³/mol. The summed E-state index contributed by atoms with van der Waals surface area (Å²) < 4.78 is 7.30. The van der Waals surface area contributed by atoms with Crippen LogP contribution in [0.25, 0.3) is 5.69 Å². The maximum absolute atomic E-state index is 12.4. The zero-order chi connectivity index (χ0) is 25.3. The van der Waals surface area contributed by atoms with Crippen molar-refractivity contribution in [1.29, 1.82) is 0 Å². The molecule has 0 aliphatic rings. The molecule has 0 radical (unpaired) electrons. The largest absolute Gasteiger partial charge is 0.367 e. The standard InChI is InChI=1S/C26H25N5O4S/c1-19-7-5-6-10-21(19)18-36-26-29-28-24(30(26)22-11-13-23(14-12-22)31(33)34)15-27-25(32)17-35-16-20-8-3-2-4-9-20/h2-14H,15-18H2,1H3,(H,27,32). The monoisotopic (exact) mass is 503 g/mol. The van der Waals surface area contributed by atoms with Gasteiger partial charge in [-0.05, 0) is 35.7 Å². The summed E-state index contributed by atoms with van der Waals surface area (Å²) in [6.45, 7) is 2.43. The molecule has 1 N–H and O–H groups in total. The lowest BCUT2D eigenvalue weighted by Gasteiger charge is -2.12. The molecule has 4 rings (SSSR count). The summed E-state index contributed by atoms with van der Waals surface area (Å²) in [5.74, 6) is 0.906. The molecule has 36 heavy (non-hydrogen) atoms. The van der Waals surface area contributed by atoms with Gasteiger partial charge in [0.25, 0.3) is 5.69 Å². The first kappa shape index (κ1) is 25.1. The van der Waals surface area contributed by atoms with Gasteiger partial charge in [-0.15, -0.1) is 10.2 Å². The highest BCUT2D eigenvalue weighted by Gasteiger charge is 2.17. The molecule has 0 saturated carbocycles. The van der Waals surface area contributed by atoms with E-state index in [1.54, 1.807) is 16.7 Å². The number of rotatable bonds is 11. The number of carbonyl (C=O) groups excluding carboxylic acids is 1. The van der Waals surface area contributed by atoms with Crippen molar-refractivity contribution >= 4 is 23.4 Å². The number of amides is 1. The molecule has 1 heterocycles. The Hall–Kier alpha value is -4.02. The van der Waals surface area contributed by atoms with E-state index in [0.717, 1.165) is 5.56 Å². The van der Waals surface area contributed by atoms with Crippen LogP contribution in [0.3, 0.4) is 0 Å². The number of aromatic nitrogens is 3. The second-order valence-electron chi connectivity index (χ2n) is 7.98. The lowest BCUT2D eigenvalue weighted by Crippen LogP contribution is -2.28. The Labute approximate surface area is 212 Å². The number of nitrogens with zero attached hydrogens (tertiary/aromatic N) is 4. The normalized spacial score (nSPS) is 10.8. The van der Waals surface area contributed by atoms with Crippen LogP contribution in [0.15, 0.2) is 84.0 Å². The number of thioether (sulfide) groups is 1. The SMILES string of the molecule is Cc1ccccc1CSc1nnc(CNC(=O)COCc2ccccc2)n1-c1ccc([N+](=O)[O-])cc1. The first-order chi connectivity index (χ1) is 17.5. The molecule has 3 aromatic carbocycles. The van der Waals surface area contributed by atoms with E-state index in [-0.39, 0.29) is 24.7 Å². The fourth-order valence-corrected chi connectivity index (χ4v) is 4.52. The third-order valence-corrected chi connectivity index (χ3v) is 6.40. The summed E-state index contributed by atoms with van der Waals surface area (Å²) in [6.07, 6.45) is 0. The van der Waals surface area contributed by atoms with E-state index in [4.69, 9.17) is 4.74 Å². The van der Waals surface area contributed by atoms with Crippen molar-refractivity contribution in [2.24, 2.45) is 0 Å². The van der Waals surface area contributed by atoms with Gasteiger partial charge >= 0.3 is 0 Å². The minimum Gasteiger partial charge on any atom is -0.367 e. The molecule has 184 valence electrons. The molecule has 10 heteroatoms. The van der Waals surface area contributed by atoms with Gasteiger partial charge in [-0.3, -0.25) is 19.5 Å². The number of nitro benzene ring substituents is 1. The van der Waals surface area contributed by atoms with Crippen molar-refractivity contribution in [1.82, 2.24) is 20.1 Å². The van der Waals surface area contributed by atoms with Crippen molar-refractivity contribution in [3.05, 3.63) is 111 Å². The Kier molecular flexibility index (Phi) is 8.43. The van der Waals surface area contributed by atoms with Crippen molar-refractivity contribution < 1.29 is 14.5 Å². The summed E-state index contributed by atoms with van der Waals surface area (Å²) in [4.78, 5) is 23.0. The number of ether oxygens (including phenoxy) is 1. The van der Waals surface area contributed by atoms with E-state index in [1.807, 2.05) is 42.5 Å². The van der Waals surface area contributed by atoms with Gasteiger partial charge in [-0.1, -0.05) is 66.4 Å². The number of hydrogen-bond acceptors (Lipinski definition) is 7. The molecule has 1 amide bonds. The molecule has 4 aromatic rings. The van der Waals surface area contributed by atoms with Gasteiger partial charge in [0, 0.05) is 23.6 Å². The molecule has 0 saturated heterocycles. The Balaban J connectivity index is 1.46. The van der Waals surface area contributed by atoms with Crippen molar-refractivity contribution in [2.45, 2.75) is 31.0 Å². The Morgan fingerprint density at radius 2 is 1.75 bits per heavy atom. The highest BCUT2D eigenvalue weighted by Crippen LogP contribution is 2.27. The van der Waals surface area contributed by atoms with Gasteiger partial charge in [0.1, 0.15) is 6.61 Å². The quantitative estimate of drug-likeness (QED) is 0.181. The van der Waals surface area contributed by atoms with E-state index in [9.17, 15) is 14.9 Å². The topological polar surface area (TPSA) is 112 Å². The number of hydrogen-bond donors (Lipinski definition) is 1. The van der Waals surface area contributed by atoms with Crippen LogP contribution in [0.2, 0.25) is 0 Å². The molecule has 0 bridgehead atoms. The second kappa shape index (κ2) is 12.1. The molecule has 0 aliphatic heterocycles. The number of carbonyl (C=O) groups is 1. The lowest BCUT2D eigenvalue weighted by molar-refractivity contribution is -0.384. The molecule has 0 atom stereocenters. The van der Waals surface area contributed by atoms with E-state index in [2.05, 4.69) is 34.6 Å². The summed E-state index contributed by atoms with van der Waals surface area (Å²) in [6, 6.07) is 23.9. The molecule has 0 aliphatic carbocycles. The Morgan fingerprint density at radius 3 is 2.47 bits per heavy atom. The fourth-order valence-electron chi connectivity index (χ4n) is 3.47. The van der Waals surface area contributed by atoms with Gasteiger partial charge in [-0.2, -0.15) is 0 Å². The van der Waals surface area contributed by atoms with Crippen LogP contribution in [0.4, 0.5) is 5.69 Å². The van der Waals surface area contributed by atoms with Crippen LogP contribution >= 0.6 is 11.8 Å². The Bertz CT molecular complexity index is 1330. The smallest absolute Gasteiger partial charge is 0.269 e. The van der Waals surface area contributed by atoms with Gasteiger partial charge in [0.15, 0.2) is 11.0 Å². The highest BCUT2D eigenvalue weighted by molar-refractivity contribution is 7.98. The maximum Gasteiger partial charge on any atom is 0.269 e. The summed E-state index contributed by atoms with van der Waals surface area (Å²) in [5, 5.41) is 23.1. The molecular weight excluding hydrogens is 478 g/mol. The zero-order valence-corrected chi connectivity index (χ0v) is 20.5. The Morgan fingerprint density at radius 1 is 1.03 bits per heavy atom. The van der Waals surface area contributed by atoms with E-state index < -0.39 is 4.92 Å². The van der Waals surface area contributed by atoms with Crippen molar-refractivity contribution in [2.75, 3.05) is 6.61 Å². The summed E-state index contributed by atoms with van der Waals surface area (Å²) in [5.41, 5.74) is 3.99. The third-order valence-electron chi connectivity index (χ3n) is 5.43. The minimum atomic E-state index is -0.444. The van der Waals surface area contributed by atoms with Gasteiger partial charge in [0.2, 0.25) is 5.91 Å². The molecular formula is C26H25N5O4S. The van der Waals surface area contributed by atoms with Gasteiger partial charge in [0.05, 0.1) is 18.1 Å². The first-order valence-electron chi connectivity index (χ1n) is 11.3. The predicted octanol–water partition coefficient (Wildman–Crippen LogP) is 4.61. The van der Waals surface area contributed by atoms with E-state index in [1.165, 1.54) is 35.0 Å². The maximum atomic E-state index is 12.4. The number of nitrogens with one attached hydrogen (secondary N) is 1. The fraction of sp³-hybridized carbons (Fsp3) is 0.192. The minimum absolute atomic E-state index is 0.00800. The van der Waals surface area contributed by atoms with Gasteiger partial charge in [-0.25, -0.2) is 0 Å². The summed E-state index contributed by atoms with van der Waals surface area (Å²) >= 11 is 1.50. The number of nitro groups is 1. The van der Waals surface area contributed by atoms with Crippen LogP contribution in [-0.4, -0.2) is 32.2 Å². The average Bonchev–Trinajstić information content (AvgIpc) is 3.30.